The molecule has 1 amide bonds. The first-order valence-corrected chi connectivity index (χ1v) is 8.61. The van der Waals surface area contributed by atoms with E-state index in [4.69, 9.17) is 11.6 Å². The van der Waals surface area contributed by atoms with Crippen molar-refractivity contribution in [1.82, 2.24) is 9.62 Å². The van der Waals surface area contributed by atoms with E-state index in [2.05, 4.69) is 10.6 Å². The molecule has 1 heterocycles. The van der Waals surface area contributed by atoms with Crippen molar-refractivity contribution in [3.8, 4) is 0 Å². The number of halogens is 2. The number of nitrogens with one attached hydrogen (secondary N) is 2. The summed E-state index contributed by atoms with van der Waals surface area (Å²) in [5.41, 5.74) is 0.0446. The summed E-state index contributed by atoms with van der Waals surface area (Å²) in [6.45, 7) is 3.07. The van der Waals surface area contributed by atoms with E-state index in [-0.39, 0.29) is 17.3 Å². The number of amides is 1. The topological polar surface area (TPSA) is 78.5 Å². The molecule has 22 heavy (non-hydrogen) atoms. The highest BCUT2D eigenvalue weighted by atomic mass is 35.5. The van der Waals surface area contributed by atoms with Gasteiger partial charge in [0.05, 0.1) is 10.7 Å². The predicted octanol–water partition coefficient (Wildman–Crippen LogP) is 1.42. The lowest BCUT2D eigenvalue weighted by Gasteiger charge is -2.20. The quantitative estimate of drug-likeness (QED) is 0.865. The lowest BCUT2D eigenvalue weighted by molar-refractivity contribution is -0.114. The van der Waals surface area contributed by atoms with Gasteiger partial charge < -0.3 is 10.6 Å². The van der Waals surface area contributed by atoms with Crippen molar-refractivity contribution >= 4 is 33.2 Å². The monoisotopic (exact) mass is 349 g/mol. The number of hydrogen-bond acceptors (Lipinski definition) is 4. The molecule has 0 atom stereocenters. The number of hydrogen-bond donors (Lipinski definition) is 2. The van der Waals surface area contributed by atoms with Crippen LogP contribution in [0.15, 0.2) is 17.0 Å². The van der Waals surface area contributed by atoms with Gasteiger partial charge in [0.2, 0.25) is 15.9 Å². The van der Waals surface area contributed by atoms with E-state index >= 15 is 0 Å². The minimum Gasteiger partial charge on any atom is -0.325 e. The normalized spacial score (nSPS) is 17.0. The average Bonchev–Trinajstić information content (AvgIpc) is 2.71. The van der Waals surface area contributed by atoms with Gasteiger partial charge in [0.1, 0.15) is 10.7 Å². The molecule has 2 rings (SSSR count). The first-order chi connectivity index (χ1) is 10.3. The number of rotatable bonds is 3. The number of carbonyl (C=O) groups is 1. The maximum absolute atomic E-state index is 14.2. The Kier molecular flexibility index (Phi) is 5.38. The molecule has 1 fully saturated rings. The van der Waals surface area contributed by atoms with E-state index < -0.39 is 26.6 Å². The third-order valence-corrected chi connectivity index (χ3v) is 5.48. The molecule has 1 aliphatic heterocycles. The molecule has 1 saturated heterocycles. The molecule has 1 aliphatic rings. The Morgan fingerprint density at radius 1 is 1.36 bits per heavy atom. The van der Waals surface area contributed by atoms with Crippen LogP contribution in [0.1, 0.15) is 13.3 Å². The van der Waals surface area contributed by atoms with Crippen molar-refractivity contribution in [2.75, 3.05) is 31.5 Å². The minimum atomic E-state index is -3.96. The molecular formula is C13H17ClFN3O3S. The van der Waals surface area contributed by atoms with Gasteiger partial charge in [-0.05, 0) is 19.0 Å². The average molecular weight is 350 g/mol. The number of sulfonamides is 1. The van der Waals surface area contributed by atoms with Crippen LogP contribution in [-0.4, -0.2) is 44.8 Å². The second-order valence-electron chi connectivity index (χ2n) is 4.95. The Labute approximate surface area is 133 Å². The molecule has 122 valence electrons. The fourth-order valence-electron chi connectivity index (χ4n) is 2.21. The van der Waals surface area contributed by atoms with Crippen molar-refractivity contribution < 1.29 is 17.6 Å². The Hall–Kier alpha value is -1.22. The van der Waals surface area contributed by atoms with Crippen LogP contribution in [0.25, 0.3) is 0 Å². The van der Waals surface area contributed by atoms with Crippen molar-refractivity contribution in [3.63, 3.8) is 0 Å². The van der Waals surface area contributed by atoms with Crippen molar-refractivity contribution in [1.29, 1.82) is 0 Å². The van der Waals surface area contributed by atoms with Gasteiger partial charge in [-0.25, -0.2) is 12.8 Å². The summed E-state index contributed by atoms with van der Waals surface area (Å²) in [5, 5.41) is 5.41. The Morgan fingerprint density at radius 3 is 2.77 bits per heavy atom. The lowest BCUT2D eigenvalue weighted by atomic mass is 10.3. The van der Waals surface area contributed by atoms with Crippen LogP contribution >= 0.6 is 11.6 Å². The number of benzene rings is 1. The summed E-state index contributed by atoms with van der Waals surface area (Å²) >= 11 is 5.95. The second kappa shape index (κ2) is 6.91. The largest absolute Gasteiger partial charge is 0.325 e. The summed E-state index contributed by atoms with van der Waals surface area (Å²) < 4.78 is 40.6. The van der Waals surface area contributed by atoms with Gasteiger partial charge >= 0.3 is 0 Å². The van der Waals surface area contributed by atoms with E-state index in [0.29, 0.717) is 19.5 Å². The number of anilines is 1. The van der Waals surface area contributed by atoms with Gasteiger partial charge in [0.25, 0.3) is 0 Å². The minimum absolute atomic E-state index is 0.0249. The Balaban J connectivity index is 2.38. The maximum atomic E-state index is 14.2. The first-order valence-electron chi connectivity index (χ1n) is 6.80. The molecule has 0 radical (unpaired) electrons. The zero-order valence-corrected chi connectivity index (χ0v) is 13.6. The van der Waals surface area contributed by atoms with Crippen LogP contribution in [0, 0.1) is 5.82 Å². The molecule has 6 nitrogen and oxygen atoms in total. The summed E-state index contributed by atoms with van der Waals surface area (Å²) in [5.74, 6) is -1.36. The number of nitrogens with zero attached hydrogens (tertiary/aromatic N) is 1. The summed E-state index contributed by atoms with van der Waals surface area (Å²) in [7, 11) is -3.96. The molecule has 0 aliphatic carbocycles. The van der Waals surface area contributed by atoms with E-state index in [9.17, 15) is 17.6 Å². The third-order valence-electron chi connectivity index (χ3n) is 3.25. The van der Waals surface area contributed by atoms with Gasteiger partial charge in [-0.1, -0.05) is 11.6 Å². The summed E-state index contributed by atoms with van der Waals surface area (Å²) in [6.07, 6.45) is 0.651. The van der Waals surface area contributed by atoms with Crippen LogP contribution in [0.3, 0.4) is 0 Å². The Morgan fingerprint density at radius 2 is 2.09 bits per heavy atom. The second-order valence-corrected chi connectivity index (χ2v) is 7.26. The number of carbonyl (C=O) groups excluding carboxylic acids is 1. The maximum Gasteiger partial charge on any atom is 0.246 e. The van der Waals surface area contributed by atoms with Crippen LogP contribution in [-0.2, 0) is 14.8 Å². The molecule has 0 aromatic heterocycles. The van der Waals surface area contributed by atoms with Crippen molar-refractivity contribution in [3.05, 3.63) is 23.0 Å². The molecule has 9 heteroatoms. The van der Waals surface area contributed by atoms with E-state index in [0.717, 1.165) is 18.7 Å². The van der Waals surface area contributed by atoms with Crippen molar-refractivity contribution in [2.45, 2.75) is 18.2 Å². The zero-order chi connectivity index (χ0) is 16.3. The molecule has 0 bridgehead atoms. The fraction of sp³-hybridized carbons (Fsp3) is 0.462. The highest BCUT2D eigenvalue weighted by molar-refractivity contribution is 7.89. The van der Waals surface area contributed by atoms with Gasteiger partial charge in [0, 0.05) is 32.6 Å². The van der Waals surface area contributed by atoms with Crippen molar-refractivity contribution in [2.24, 2.45) is 0 Å². The van der Waals surface area contributed by atoms with Crippen LogP contribution in [0.2, 0.25) is 5.02 Å². The molecular weight excluding hydrogens is 333 g/mol. The standard InChI is InChI=1S/C13H17ClFN3O3S/c1-9(19)17-12-8-11(15)13(7-10(12)14)22(20,21)18-5-2-3-16-4-6-18/h7-8,16H,2-6H2,1H3,(H,17,19). The van der Waals surface area contributed by atoms with Crippen LogP contribution in [0.4, 0.5) is 10.1 Å². The smallest absolute Gasteiger partial charge is 0.246 e. The predicted molar refractivity (Wildman–Crippen MR) is 82.0 cm³/mol. The molecule has 2 N–H and O–H groups in total. The van der Waals surface area contributed by atoms with Gasteiger partial charge in [-0.3, -0.25) is 4.79 Å². The lowest BCUT2D eigenvalue weighted by Crippen LogP contribution is -2.34. The van der Waals surface area contributed by atoms with Gasteiger partial charge in [-0.2, -0.15) is 4.31 Å². The molecule has 0 unspecified atom stereocenters. The molecule has 1 aromatic carbocycles. The SMILES string of the molecule is CC(=O)Nc1cc(F)c(S(=O)(=O)N2CCCNCC2)cc1Cl. The van der Waals surface area contributed by atoms with Gasteiger partial charge in [0.15, 0.2) is 0 Å². The Bertz CT molecular complexity index is 673. The molecule has 1 aromatic rings. The zero-order valence-electron chi connectivity index (χ0n) is 12.0. The highest BCUT2D eigenvalue weighted by Crippen LogP contribution is 2.30. The first kappa shape index (κ1) is 17.1. The van der Waals surface area contributed by atoms with E-state index in [1.54, 1.807) is 0 Å². The fourth-order valence-corrected chi connectivity index (χ4v) is 4.04. The highest BCUT2D eigenvalue weighted by Gasteiger charge is 2.29. The van der Waals surface area contributed by atoms with Crippen LogP contribution < -0.4 is 10.6 Å². The van der Waals surface area contributed by atoms with E-state index in [1.807, 2.05) is 0 Å². The molecule has 0 saturated carbocycles. The summed E-state index contributed by atoms with van der Waals surface area (Å²) in [6, 6.07) is 1.96. The van der Waals surface area contributed by atoms with Gasteiger partial charge in [-0.15, -0.1) is 0 Å². The molecule has 0 spiro atoms. The van der Waals surface area contributed by atoms with Crippen LogP contribution in [0.5, 0.6) is 0 Å². The van der Waals surface area contributed by atoms with E-state index in [1.165, 1.54) is 11.2 Å². The third kappa shape index (κ3) is 3.75. The summed E-state index contributed by atoms with van der Waals surface area (Å²) in [4.78, 5) is 10.5.